The van der Waals surface area contributed by atoms with Gasteiger partial charge in [0.05, 0.1) is 0 Å². The van der Waals surface area contributed by atoms with Gasteiger partial charge in [-0.2, -0.15) is 0 Å². The lowest BCUT2D eigenvalue weighted by atomic mass is 10.1. The largest absolute Gasteiger partial charge is 0.311 e. The molecule has 88 valence electrons. The average Bonchev–Trinajstić information content (AvgIpc) is 3.06. The van der Waals surface area contributed by atoms with E-state index in [-0.39, 0.29) is 0 Å². The number of hydrogen-bond acceptors (Lipinski definition) is 3. The van der Waals surface area contributed by atoms with Crippen LogP contribution in [0.1, 0.15) is 23.3 Å². The number of aryl methyl sites for hydroxylation is 1. The standard InChI is InChI=1S/C13H20N2S/c1-10-4-7-16-13(10)9-15-6-5-14-12(8-15)11-2-3-11/h4,7,11-12,14H,2-3,5-6,8-9H2,1H3. The van der Waals surface area contributed by atoms with Crippen LogP contribution >= 0.6 is 11.3 Å². The van der Waals surface area contributed by atoms with Crippen molar-refractivity contribution in [3.63, 3.8) is 0 Å². The van der Waals surface area contributed by atoms with Crippen molar-refractivity contribution in [3.8, 4) is 0 Å². The number of hydrogen-bond donors (Lipinski definition) is 1. The molecule has 1 aliphatic carbocycles. The van der Waals surface area contributed by atoms with E-state index in [1.807, 2.05) is 11.3 Å². The van der Waals surface area contributed by atoms with Crippen LogP contribution in [0.3, 0.4) is 0 Å². The molecule has 2 heterocycles. The highest BCUT2D eigenvalue weighted by Crippen LogP contribution is 2.34. The van der Waals surface area contributed by atoms with E-state index < -0.39 is 0 Å². The summed E-state index contributed by atoms with van der Waals surface area (Å²) < 4.78 is 0. The molecule has 1 aromatic rings. The van der Waals surface area contributed by atoms with E-state index in [0.29, 0.717) is 0 Å². The monoisotopic (exact) mass is 236 g/mol. The second kappa shape index (κ2) is 4.47. The van der Waals surface area contributed by atoms with Gasteiger partial charge in [0, 0.05) is 37.1 Å². The minimum Gasteiger partial charge on any atom is -0.311 e. The molecule has 2 aliphatic rings. The smallest absolute Gasteiger partial charge is 0.0331 e. The summed E-state index contributed by atoms with van der Waals surface area (Å²) in [5.41, 5.74) is 1.46. The molecule has 0 bridgehead atoms. The van der Waals surface area contributed by atoms with E-state index in [1.54, 1.807) is 4.88 Å². The van der Waals surface area contributed by atoms with Gasteiger partial charge < -0.3 is 5.32 Å². The molecule has 3 rings (SSSR count). The van der Waals surface area contributed by atoms with Crippen LogP contribution in [-0.4, -0.2) is 30.6 Å². The maximum Gasteiger partial charge on any atom is 0.0331 e. The lowest BCUT2D eigenvalue weighted by molar-refractivity contribution is 0.182. The first kappa shape index (κ1) is 10.8. The number of rotatable bonds is 3. The normalized spacial score (nSPS) is 27.2. The summed E-state index contributed by atoms with van der Waals surface area (Å²) in [5.74, 6) is 0.979. The zero-order valence-corrected chi connectivity index (χ0v) is 10.7. The number of nitrogens with one attached hydrogen (secondary N) is 1. The molecule has 1 N–H and O–H groups in total. The Morgan fingerprint density at radius 2 is 2.38 bits per heavy atom. The van der Waals surface area contributed by atoms with Crippen molar-refractivity contribution >= 4 is 11.3 Å². The van der Waals surface area contributed by atoms with Crippen molar-refractivity contribution in [2.45, 2.75) is 32.4 Å². The maximum atomic E-state index is 3.67. The van der Waals surface area contributed by atoms with Crippen LogP contribution in [0, 0.1) is 12.8 Å². The minimum atomic E-state index is 0.772. The fraction of sp³-hybridized carbons (Fsp3) is 0.692. The molecule has 0 aromatic carbocycles. The zero-order chi connectivity index (χ0) is 11.0. The van der Waals surface area contributed by atoms with Crippen molar-refractivity contribution in [3.05, 3.63) is 21.9 Å². The molecule has 1 aromatic heterocycles. The Morgan fingerprint density at radius 3 is 3.06 bits per heavy atom. The summed E-state index contributed by atoms with van der Waals surface area (Å²) in [5, 5.41) is 5.88. The number of piperazine rings is 1. The summed E-state index contributed by atoms with van der Waals surface area (Å²) in [7, 11) is 0. The summed E-state index contributed by atoms with van der Waals surface area (Å²) in [4.78, 5) is 4.18. The highest BCUT2D eigenvalue weighted by molar-refractivity contribution is 7.10. The van der Waals surface area contributed by atoms with Crippen LogP contribution in [0.5, 0.6) is 0 Å². The van der Waals surface area contributed by atoms with Crippen LogP contribution in [0.25, 0.3) is 0 Å². The molecule has 1 saturated heterocycles. The molecule has 2 fully saturated rings. The van der Waals surface area contributed by atoms with Crippen molar-refractivity contribution in [2.75, 3.05) is 19.6 Å². The Balaban J connectivity index is 1.60. The van der Waals surface area contributed by atoms with Crippen LogP contribution in [-0.2, 0) is 6.54 Å². The third-order valence-corrected chi connectivity index (χ3v) is 4.82. The predicted molar refractivity (Wildman–Crippen MR) is 68.8 cm³/mol. The molecule has 1 atom stereocenters. The predicted octanol–water partition coefficient (Wildman–Crippen LogP) is 2.24. The number of nitrogens with zero attached hydrogens (tertiary/aromatic N) is 1. The molecule has 16 heavy (non-hydrogen) atoms. The lowest BCUT2D eigenvalue weighted by Gasteiger charge is -2.33. The molecular weight excluding hydrogens is 216 g/mol. The second-order valence-corrected chi connectivity index (χ2v) is 6.16. The molecule has 1 unspecified atom stereocenters. The maximum absolute atomic E-state index is 3.67. The molecule has 2 nitrogen and oxygen atoms in total. The van der Waals surface area contributed by atoms with E-state index in [4.69, 9.17) is 0 Å². The van der Waals surface area contributed by atoms with Crippen LogP contribution < -0.4 is 5.32 Å². The highest BCUT2D eigenvalue weighted by Gasteiger charge is 2.33. The van der Waals surface area contributed by atoms with Gasteiger partial charge in [-0.15, -0.1) is 11.3 Å². The van der Waals surface area contributed by atoms with Gasteiger partial charge in [0.2, 0.25) is 0 Å². The van der Waals surface area contributed by atoms with Gasteiger partial charge in [-0.3, -0.25) is 4.90 Å². The summed E-state index contributed by atoms with van der Waals surface area (Å²) in [6.45, 7) is 7.02. The number of thiophene rings is 1. The van der Waals surface area contributed by atoms with Crippen molar-refractivity contribution in [2.24, 2.45) is 5.92 Å². The first-order valence-corrected chi connectivity index (χ1v) is 7.19. The molecule has 1 aliphatic heterocycles. The third kappa shape index (κ3) is 2.31. The van der Waals surface area contributed by atoms with E-state index >= 15 is 0 Å². The lowest BCUT2D eigenvalue weighted by Crippen LogP contribution is -2.51. The van der Waals surface area contributed by atoms with Crippen LogP contribution in [0.2, 0.25) is 0 Å². The molecule has 0 radical (unpaired) electrons. The Kier molecular flexibility index (Phi) is 3.01. The Bertz CT molecular complexity index is 357. The van der Waals surface area contributed by atoms with E-state index in [0.717, 1.165) is 18.5 Å². The van der Waals surface area contributed by atoms with E-state index in [9.17, 15) is 0 Å². The second-order valence-electron chi connectivity index (χ2n) is 5.16. The van der Waals surface area contributed by atoms with Gasteiger partial charge >= 0.3 is 0 Å². The third-order valence-electron chi connectivity index (χ3n) is 3.82. The SMILES string of the molecule is Cc1ccsc1CN1CCNC(C2CC2)C1. The Morgan fingerprint density at radius 1 is 1.50 bits per heavy atom. The quantitative estimate of drug-likeness (QED) is 0.866. The Labute approximate surface area is 102 Å². The van der Waals surface area contributed by atoms with Gasteiger partial charge in [0.25, 0.3) is 0 Å². The van der Waals surface area contributed by atoms with Crippen LogP contribution in [0.4, 0.5) is 0 Å². The molecule has 3 heteroatoms. The van der Waals surface area contributed by atoms with Crippen LogP contribution in [0.15, 0.2) is 11.4 Å². The fourth-order valence-electron chi connectivity index (χ4n) is 2.57. The van der Waals surface area contributed by atoms with Gasteiger partial charge in [-0.05, 0) is 42.7 Å². The van der Waals surface area contributed by atoms with Crippen molar-refractivity contribution < 1.29 is 0 Å². The fourth-order valence-corrected chi connectivity index (χ4v) is 3.52. The highest BCUT2D eigenvalue weighted by atomic mass is 32.1. The summed E-state index contributed by atoms with van der Waals surface area (Å²) in [6.07, 6.45) is 2.90. The van der Waals surface area contributed by atoms with Gasteiger partial charge in [-0.1, -0.05) is 0 Å². The van der Waals surface area contributed by atoms with Gasteiger partial charge in [0.1, 0.15) is 0 Å². The Hall–Kier alpha value is -0.380. The minimum absolute atomic E-state index is 0.772. The molecular formula is C13H20N2S. The first-order valence-electron chi connectivity index (χ1n) is 6.31. The summed E-state index contributed by atoms with van der Waals surface area (Å²) in [6, 6.07) is 3.01. The molecule has 1 saturated carbocycles. The van der Waals surface area contributed by atoms with Crippen molar-refractivity contribution in [1.29, 1.82) is 0 Å². The zero-order valence-electron chi connectivity index (χ0n) is 9.91. The molecule has 0 amide bonds. The molecule has 0 spiro atoms. The average molecular weight is 236 g/mol. The summed E-state index contributed by atoms with van der Waals surface area (Å²) >= 11 is 1.91. The topological polar surface area (TPSA) is 15.3 Å². The van der Waals surface area contributed by atoms with E-state index in [2.05, 4.69) is 28.6 Å². The van der Waals surface area contributed by atoms with E-state index in [1.165, 1.54) is 38.0 Å². The first-order chi connectivity index (χ1) is 7.83. The van der Waals surface area contributed by atoms with Gasteiger partial charge in [-0.25, -0.2) is 0 Å². The van der Waals surface area contributed by atoms with Gasteiger partial charge in [0.15, 0.2) is 0 Å². The van der Waals surface area contributed by atoms with Crippen molar-refractivity contribution in [1.82, 2.24) is 10.2 Å².